The maximum Gasteiger partial charge on any atom is 0.203 e. The maximum atomic E-state index is 11.4. The third-order valence-corrected chi connectivity index (χ3v) is 23.9. The Kier molecular flexibility index (Phi) is 12.2. The van der Waals surface area contributed by atoms with Crippen LogP contribution in [0.1, 0.15) is 138 Å². The van der Waals surface area contributed by atoms with Crippen molar-refractivity contribution in [1.29, 1.82) is 0 Å². The van der Waals surface area contributed by atoms with E-state index in [0.29, 0.717) is 17.8 Å². The Hall–Kier alpha value is -1.52. The topological polar surface area (TPSA) is 64.7 Å². The highest BCUT2D eigenvalue weighted by atomic mass is 28.4. The number of rotatable bonds is 12. The van der Waals surface area contributed by atoms with Crippen LogP contribution in [0.15, 0.2) is 58.2 Å². The van der Waals surface area contributed by atoms with Crippen LogP contribution in [0.25, 0.3) is 0 Å². The standard InChI is InChI=1S/C45H75NO4Si2/c1-15-17-35-30-46-41(48-35)45(26-27-45)40(47)24-19-31(2)37-22-23-38-33(18-16-25-44(37,38)10)20-21-34-28-36(49-51(11,12)42(4,5)6)29-39(32(34)3)50-52(13,14)43(7,8)9/h19-21,24,30-31,36-40,47H,3,15-18,22-23,25-29H2,1-2,4-14H3/t31-,36?,37-,38+,39?,40?,44-/m1/s1. The van der Waals surface area contributed by atoms with Gasteiger partial charge in [-0.15, -0.1) is 0 Å². The van der Waals surface area contributed by atoms with Crippen molar-refractivity contribution in [2.75, 3.05) is 0 Å². The fraction of sp³-hybridized carbons (Fsp3) is 0.756. The molecule has 0 spiro atoms. The lowest BCUT2D eigenvalue weighted by Crippen LogP contribution is -2.49. The largest absolute Gasteiger partial charge is 0.445 e. The molecule has 1 aromatic heterocycles. The second kappa shape index (κ2) is 15.2. The van der Waals surface area contributed by atoms with Crippen molar-refractivity contribution in [1.82, 2.24) is 4.98 Å². The third kappa shape index (κ3) is 8.49. The first-order valence-electron chi connectivity index (χ1n) is 20.8. The van der Waals surface area contributed by atoms with Crippen molar-refractivity contribution in [2.24, 2.45) is 23.2 Å². The number of allylic oxidation sites excluding steroid dienone is 4. The van der Waals surface area contributed by atoms with E-state index in [1.807, 2.05) is 6.20 Å². The second-order valence-corrected chi connectivity index (χ2v) is 30.1. The van der Waals surface area contributed by atoms with Crippen LogP contribution in [0, 0.1) is 23.2 Å². The molecule has 292 valence electrons. The fourth-order valence-electron chi connectivity index (χ4n) is 9.18. The quantitative estimate of drug-likeness (QED) is 0.170. The number of hydrogen-bond donors (Lipinski definition) is 1. The first-order chi connectivity index (χ1) is 24.0. The summed E-state index contributed by atoms with van der Waals surface area (Å²) in [5.41, 5.74) is 4.02. The molecule has 1 heterocycles. The zero-order valence-corrected chi connectivity index (χ0v) is 37.5. The van der Waals surface area contributed by atoms with Crippen LogP contribution in [0.5, 0.6) is 0 Å². The molecule has 52 heavy (non-hydrogen) atoms. The summed E-state index contributed by atoms with van der Waals surface area (Å²) < 4.78 is 20.3. The summed E-state index contributed by atoms with van der Waals surface area (Å²) in [5.74, 6) is 3.25. The Morgan fingerprint density at radius 2 is 1.65 bits per heavy atom. The van der Waals surface area contributed by atoms with E-state index < -0.39 is 22.7 Å². The van der Waals surface area contributed by atoms with Gasteiger partial charge in [-0.3, -0.25) is 0 Å². The van der Waals surface area contributed by atoms with E-state index in [-0.39, 0.29) is 33.1 Å². The van der Waals surface area contributed by atoms with Gasteiger partial charge >= 0.3 is 0 Å². The second-order valence-electron chi connectivity index (χ2n) is 20.6. The van der Waals surface area contributed by atoms with Crippen molar-refractivity contribution in [3.63, 3.8) is 0 Å². The van der Waals surface area contributed by atoms with Crippen molar-refractivity contribution in [3.05, 3.63) is 65.5 Å². The van der Waals surface area contributed by atoms with Crippen LogP contribution in [-0.4, -0.2) is 45.0 Å². The van der Waals surface area contributed by atoms with Gasteiger partial charge in [-0.05, 0) is 128 Å². The van der Waals surface area contributed by atoms with Crippen LogP contribution < -0.4 is 0 Å². The van der Waals surface area contributed by atoms with Crippen LogP contribution >= 0.6 is 0 Å². The predicted octanol–water partition coefficient (Wildman–Crippen LogP) is 12.4. The number of hydrogen-bond acceptors (Lipinski definition) is 5. The molecule has 0 aromatic carbocycles. The van der Waals surface area contributed by atoms with Crippen molar-refractivity contribution in [3.8, 4) is 0 Å². The van der Waals surface area contributed by atoms with E-state index in [4.69, 9.17) is 19.8 Å². The van der Waals surface area contributed by atoms with Crippen molar-refractivity contribution < 1.29 is 18.4 Å². The molecule has 1 N–H and O–H groups in total. The summed E-state index contributed by atoms with van der Waals surface area (Å²) in [5, 5.41) is 11.7. The van der Waals surface area contributed by atoms with E-state index in [9.17, 15) is 5.11 Å². The smallest absolute Gasteiger partial charge is 0.203 e. The summed E-state index contributed by atoms with van der Waals surface area (Å²) in [7, 11) is -3.96. The van der Waals surface area contributed by atoms with Crippen LogP contribution in [0.3, 0.4) is 0 Å². The Labute approximate surface area is 320 Å². The molecule has 7 heteroatoms. The number of aromatic nitrogens is 1. The first-order valence-corrected chi connectivity index (χ1v) is 26.6. The number of fused-ring (bicyclic) bond motifs is 1. The lowest BCUT2D eigenvalue weighted by molar-refractivity contribution is 0.0969. The van der Waals surface area contributed by atoms with E-state index in [0.717, 1.165) is 55.7 Å². The van der Waals surface area contributed by atoms with Gasteiger partial charge < -0.3 is 18.4 Å². The van der Waals surface area contributed by atoms with Gasteiger partial charge in [0.25, 0.3) is 0 Å². The molecule has 4 aliphatic carbocycles. The highest BCUT2D eigenvalue weighted by Gasteiger charge is 2.54. The Morgan fingerprint density at radius 1 is 1.00 bits per heavy atom. The lowest BCUT2D eigenvalue weighted by Gasteiger charge is -2.45. The minimum atomic E-state index is -2.01. The van der Waals surface area contributed by atoms with E-state index in [1.54, 1.807) is 5.57 Å². The van der Waals surface area contributed by atoms with Gasteiger partial charge in [0.2, 0.25) is 5.89 Å². The minimum Gasteiger partial charge on any atom is -0.445 e. The van der Waals surface area contributed by atoms with Gasteiger partial charge in [0.05, 0.1) is 29.9 Å². The molecule has 0 amide bonds. The Balaban J connectivity index is 1.33. The highest BCUT2D eigenvalue weighted by Crippen LogP contribution is 2.60. The number of oxazole rings is 1. The number of aliphatic hydroxyl groups excluding tert-OH is 1. The molecular weight excluding hydrogens is 675 g/mol. The molecule has 5 nitrogen and oxygen atoms in total. The van der Waals surface area contributed by atoms with Crippen LogP contribution in [-0.2, 0) is 20.7 Å². The monoisotopic (exact) mass is 750 g/mol. The molecule has 7 atom stereocenters. The van der Waals surface area contributed by atoms with Gasteiger partial charge in [0, 0.05) is 12.8 Å². The molecule has 1 aromatic rings. The summed E-state index contributed by atoms with van der Waals surface area (Å²) in [6.07, 6.45) is 22.5. The molecule has 4 fully saturated rings. The Bertz CT molecular complexity index is 1520. The van der Waals surface area contributed by atoms with Crippen LogP contribution in [0.4, 0.5) is 0 Å². The van der Waals surface area contributed by atoms with Gasteiger partial charge in [-0.25, -0.2) is 4.98 Å². The normalized spacial score (nSPS) is 31.4. The van der Waals surface area contributed by atoms with Crippen LogP contribution in [0.2, 0.25) is 36.3 Å². The molecule has 0 aliphatic heterocycles. The van der Waals surface area contributed by atoms with E-state index >= 15 is 0 Å². The van der Waals surface area contributed by atoms with Gasteiger partial charge in [-0.2, -0.15) is 0 Å². The average molecular weight is 750 g/mol. The van der Waals surface area contributed by atoms with Crippen molar-refractivity contribution >= 4 is 16.6 Å². The molecular formula is C45H75NO4Si2. The SMILES string of the molecule is C=C1C(=CC=C2CCC[C@]3(C)[C@@H]([C@H](C)C=CC(O)C4(c5ncc(CCC)o5)CC4)CC[C@@H]23)CC(O[Si](C)(C)C(C)(C)C)CC1O[Si](C)(C)C(C)(C)C. The minimum absolute atomic E-state index is 0.00117. The average Bonchev–Trinajstić information content (AvgIpc) is 3.57. The summed E-state index contributed by atoms with van der Waals surface area (Å²) in [6, 6.07) is 0. The molecule has 5 rings (SSSR count). The van der Waals surface area contributed by atoms with E-state index in [1.165, 1.54) is 37.7 Å². The summed E-state index contributed by atoms with van der Waals surface area (Å²) in [6.45, 7) is 35.3. The maximum absolute atomic E-state index is 11.4. The Morgan fingerprint density at radius 3 is 2.27 bits per heavy atom. The zero-order valence-electron chi connectivity index (χ0n) is 35.5. The summed E-state index contributed by atoms with van der Waals surface area (Å²) in [4.78, 5) is 4.59. The first kappa shape index (κ1) is 41.6. The van der Waals surface area contributed by atoms with Gasteiger partial charge in [0.15, 0.2) is 16.6 Å². The highest BCUT2D eigenvalue weighted by molar-refractivity contribution is 6.74. The number of aryl methyl sites for hydroxylation is 1. The van der Waals surface area contributed by atoms with Crippen molar-refractivity contribution in [2.45, 2.75) is 193 Å². The molecule has 4 aliphatic rings. The van der Waals surface area contributed by atoms with E-state index in [2.05, 4.69) is 118 Å². The molecule has 0 radical (unpaired) electrons. The van der Waals surface area contributed by atoms with Gasteiger partial charge in [0.1, 0.15) is 5.76 Å². The molecule has 4 saturated carbocycles. The van der Waals surface area contributed by atoms with Gasteiger partial charge in [-0.1, -0.05) is 98.8 Å². The number of aliphatic hydroxyl groups is 1. The summed E-state index contributed by atoms with van der Waals surface area (Å²) >= 11 is 0. The predicted molar refractivity (Wildman–Crippen MR) is 223 cm³/mol. The lowest BCUT2D eigenvalue weighted by atomic mass is 9.61. The molecule has 0 bridgehead atoms. The third-order valence-electron chi connectivity index (χ3n) is 14.8. The fourth-order valence-corrected chi connectivity index (χ4v) is 11.8. The molecule has 3 unspecified atom stereocenters. The molecule has 0 saturated heterocycles. The zero-order chi connectivity index (χ0) is 38.5. The number of nitrogens with zero attached hydrogens (tertiary/aromatic N) is 1.